The number of primary amides is 1. The second-order valence-corrected chi connectivity index (χ2v) is 6.88. The molecular formula is C16H26N2O2. The fourth-order valence-electron chi connectivity index (χ4n) is 3.87. The summed E-state index contributed by atoms with van der Waals surface area (Å²) in [5, 5.41) is 0. The van der Waals surface area contributed by atoms with E-state index < -0.39 is 0 Å². The van der Waals surface area contributed by atoms with E-state index in [4.69, 9.17) is 5.73 Å². The van der Waals surface area contributed by atoms with E-state index in [2.05, 4.69) is 4.90 Å². The molecule has 0 aromatic rings. The van der Waals surface area contributed by atoms with Gasteiger partial charge in [0.2, 0.25) is 11.8 Å². The quantitative estimate of drug-likeness (QED) is 0.857. The second-order valence-electron chi connectivity index (χ2n) is 6.88. The van der Waals surface area contributed by atoms with Crippen LogP contribution in [0.1, 0.15) is 64.2 Å². The maximum Gasteiger partial charge on any atom is 0.226 e. The van der Waals surface area contributed by atoms with Crippen molar-refractivity contribution in [2.24, 2.45) is 17.6 Å². The van der Waals surface area contributed by atoms with Crippen molar-refractivity contribution >= 4 is 11.8 Å². The van der Waals surface area contributed by atoms with E-state index in [1.165, 1.54) is 38.5 Å². The largest absolute Gasteiger partial charge is 0.369 e. The van der Waals surface area contributed by atoms with Crippen molar-refractivity contribution in [1.29, 1.82) is 0 Å². The number of hydrogen-bond donors (Lipinski definition) is 1. The lowest BCUT2D eigenvalue weighted by molar-refractivity contribution is -0.147. The van der Waals surface area contributed by atoms with Gasteiger partial charge in [-0.1, -0.05) is 6.42 Å². The summed E-state index contributed by atoms with van der Waals surface area (Å²) in [4.78, 5) is 26.5. The highest BCUT2D eigenvalue weighted by Gasteiger charge is 2.41. The molecule has 3 rings (SSSR count). The van der Waals surface area contributed by atoms with Crippen LogP contribution in [-0.4, -0.2) is 28.8 Å². The summed E-state index contributed by atoms with van der Waals surface area (Å²) in [6.45, 7) is 0. The van der Waals surface area contributed by atoms with Gasteiger partial charge in [0.25, 0.3) is 0 Å². The minimum absolute atomic E-state index is 0.0439. The van der Waals surface area contributed by atoms with Gasteiger partial charge in [-0.3, -0.25) is 9.59 Å². The summed E-state index contributed by atoms with van der Waals surface area (Å²) in [6, 6.07) is 0.975. The summed E-state index contributed by atoms with van der Waals surface area (Å²) in [5.41, 5.74) is 5.44. The third-order valence-corrected chi connectivity index (χ3v) is 5.62. The van der Waals surface area contributed by atoms with Gasteiger partial charge in [-0.25, -0.2) is 0 Å². The van der Waals surface area contributed by atoms with Crippen molar-refractivity contribution in [1.82, 2.24) is 4.90 Å². The maximum atomic E-state index is 12.9. The molecule has 2 N–H and O–H groups in total. The van der Waals surface area contributed by atoms with Crippen LogP contribution in [0.4, 0.5) is 0 Å². The number of carbonyl (C=O) groups is 2. The number of rotatable bonds is 4. The van der Waals surface area contributed by atoms with Crippen molar-refractivity contribution in [3.8, 4) is 0 Å². The molecule has 0 saturated heterocycles. The Balaban J connectivity index is 1.66. The first-order chi connectivity index (χ1) is 9.66. The van der Waals surface area contributed by atoms with Gasteiger partial charge in [-0.05, 0) is 57.8 Å². The lowest BCUT2D eigenvalue weighted by Gasteiger charge is -2.48. The van der Waals surface area contributed by atoms with Crippen molar-refractivity contribution in [3.63, 3.8) is 0 Å². The maximum absolute atomic E-state index is 12.9. The van der Waals surface area contributed by atoms with Crippen molar-refractivity contribution < 1.29 is 9.59 Å². The fourth-order valence-corrected chi connectivity index (χ4v) is 3.87. The Kier molecular flexibility index (Phi) is 3.99. The van der Waals surface area contributed by atoms with Crippen LogP contribution >= 0.6 is 0 Å². The summed E-state index contributed by atoms with van der Waals surface area (Å²) in [6.07, 6.45) is 10.7. The van der Waals surface area contributed by atoms with Gasteiger partial charge in [-0.2, -0.15) is 0 Å². The molecule has 0 aliphatic heterocycles. The van der Waals surface area contributed by atoms with Crippen LogP contribution in [0.15, 0.2) is 0 Å². The highest BCUT2D eigenvalue weighted by atomic mass is 16.2. The SMILES string of the molecule is NC(=O)C1CCCC(C(=O)N(C2CCC2)C2CCC2)C1. The van der Waals surface area contributed by atoms with Crippen LogP contribution in [0.5, 0.6) is 0 Å². The Morgan fingerprint density at radius 1 is 0.800 bits per heavy atom. The summed E-state index contributed by atoms with van der Waals surface area (Å²) < 4.78 is 0. The zero-order valence-corrected chi connectivity index (χ0v) is 12.2. The Morgan fingerprint density at radius 3 is 1.75 bits per heavy atom. The first-order valence-electron chi connectivity index (χ1n) is 8.28. The lowest BCUT2D eigenvalue weighted by atomic mass is 9.78. The molecule has 4 nitrogen and oxygen atoms in total. The minimum Gasteiger partial charge on any atom is -0.369 e. The monoisotopic (exact) mass is 278 g/mol. The number of hydrogen-bond acceptors (Lipinski definition) is 2. The highest BCUT2D eigenvalue weighted by Crippen LogP contribution is 2.38. The first kappa shape index (κ1) is 13.9. The van der Waals surface area contributed by atoms with E-state index in [1.807, 2.05) is 0 Å². The summed E-state index contributed by atoms with van der Waals surface area (Å²) in [7, 11) is 0. The van der Waals surface area contributed by atoms with Gasteiger partial charge in [0, 0.05) is 23.9 Å². The van der Waals surface area contributed by atoms with Crippen molar-refractivity contribution in [2.75, 3.05) is 0 Å². The molecule has 3 fully saturated rings. The molecule has 0 heterocycles. The Morgan fingerprint density at radius 2 is 1.30 bits per heavy atom. The van der Waals surface area contributed by atoms with E-state index in [9.17, 15) is 9.59 Å². The normalized spacial score (nSPS) is 31.2. The molecule has 112 valence electrons. The smallest absolute Gasteiger partial charge is 0.226 e. The van der Waals surface area contributed by atoms with Crippen LogP contribution < -0.4 is 5.73 Å². The average molecular weight is 278 g/mol. The molecule has 0 radical (unpaired) electrons. The molecule has 2 amide bonds. The van der Waals surface area contributed by atoms with E-state index in [1.54, 1.807) is 0 Å². The lowest BCUT2D eigenvalue weighted by Crippen LogP contribution is -2.55. The number of amides is 2. The first-order valence-corrected chi connectivity index (χ1v) is 8.28. The van der Waals surface area contributed by atoms with Gasteiger partial charge in [0.1, 0.15) is 0 Å². The molecule has 2 atom stereocenters. The topological polar surface area (TPSA) is 63.4 Å². The van der Waals surface area contributed by atoms with E-state index in [0.29, 0.717) is 24.4 Å². The van der Waals surface area contributed by atoms with Crippen LogP contribution in [0.2, 0.25) is 0 Å². The summed E-state index contributed by atoms with van der Waals surface area (Å²) >= 11 is 0. The molecule has 0 aromatic heterocycles. The van der Waals surface area contributed by atoms with Gasteiger partial charge >= 0.3 is 0 Å². The Labute approximate surface area is 121 Å². The third kappa shape index (κ3) is 2.57. The van der Waals surface area contributed by atoms with E-state index in [0.717, 1.165) is 19.3 Å². The number of carbonyl (C=O) groups excluding carboxylic acids is 2. The molecule has 2 unspecified atom stereocenters. The standard InChI is InChI=1S/C16H26N2O2/c17-15(19)11-4-1-5-12(10-11)16(20)18(13-6-2-7-13)14-8-3-9-14/h11-14H,1-10H2,(H2,17,19). The van der Waals surface area contributed by atoms with Crippen molar-refractivity contribution in [2.45, 2.75) is 76.3 Å². The van der Waals surface area contributed by atoms with Crippen molar-refractivity contribution in [3.05, 3.63) is 0 Å². The second kappa shape index (κ2) is 5.74. The average Bonchev–Trinajstić information content (AvgIpc) is 2.33. The predicted octanol–water partition coefficient (Wildman–Crippen LogP) is 2.21. The van der Waals surface area contributed by atoms with E-state index >= 15 is 0 Å². The van der Waals surface area contributed by atoms with Crippen LogP contribution in [-0.2, 0) is 9.59 Å². The fraction of sp³-hybridized carbons (Fsp3) is 0.875. The molecule has 3 aliphatic rings. The van der Waals surface area contributed by atoms with Gasteiger partial charge in [-0.15, -0.1) is 0 Å². The molecule has 3 aliphatic carbocycles. The third-order valence-electron chi connectivity index (χ3n) is 5.62. The van der Waals surface area contributed by atoms with Gasteiger partial charge in [0.15, 0.2) is 0 Å². The molecule has 0 bridgehead atoms. The van der Waals surface area contributed by atoms with Gasteiger partial charge < -0.3 is 10.6 Å². The zero-order chi connectivity index (χ0) is 14.1. The molecule has 20 heavy (non-hydrogen) atoms. The molecule has 0 aromatic carbocycles. The number of nitrogens with two attached hydrogens (primary N) is 1. The van der Waals surface area contributed by atoms with Crippen LogP contribution in [0.25, 0.3) is 0 Å². The minimum atomic E-state index is -0.221. The summed E-state index contributed by atoms with van der Waals surface area (Å²) in [5.74, 6) is 0.0662. The Bertz CT molecular complexity index is 374. The molecule has 0 spiro atoms. The zero-order valence-electron chi connectivity index (χ0n) is 12.2. The highest BCUT2D eigenvalue weighted by molar-refractivity contribution is 5.82. The van der Waals surface area contributed by atoms with Crippen LogP contribution in [0, 0.1) is 11.8 Å². The Hall–Kier alpha value is -1.06. The van der Waals surface area contributed by atoms with Crippen LogP contribution in [0.3, 0.4) is 0 Å². The molecule has 4 heteroatoms. The van der Waals surface area contributed by atoms with E-state index in [-0.39, 0.29) is 17.7 Å². The molecular weight excluding hydrogens is 252 g/mol. The van der Waals surface area contributed by atoms with Gasteiger partial charge in [0.05, 0.1) is 0 Å². The predicted molar refractivity (Wildman–Crippen MR) is 76.8 cm³/mol. The number of nitrogens with zero attached hydrogens (tertiary/aromatic N) is 1. The molecule has 3 saturated carbocycles.